The molecule has 6 nitrogen and oxygen atoms in total. The second kappa shape index (κ2) is 9.53. The molecule has 32 heavy (non-hydrogen) atoms. The van der Waals surface area contributed by atoms with E-state index in [9.17, 15) is 14.4 Å². The van der Waals surface area contributed by atoms with Crippen molar-refractivity contribution < 1.29 is 19.1 Å². The minimum Gasteiger partial charge on any atom is -0.495 e. The fourth-order valence-electron chi connectivity index (χ4n) is 3.22. The second-order valence-corrected chi connectivity index (χ2v) is 8.02. The predicted octanol–water partition coefficient (Wildman–Crippen LogP) is 5.18. The molecule has 3 aromatic carbocycles. The van der Waals surface area contributed by atoms with Crippen molar-refractivity contribution in [1.29, 1.82) is 0 Å². The van der Waals surface area contributed by atoms with Gasteiger partial charge in [0, 0.05) is 5.56 Å². The number of carbonyl (C=O) groups is 3. The summed E-state index contributed by atoms with van der Waals surface area (Å²) in [4.78, 5) is 39.3. The Balaban J connectivity index is 1.43. The number of benzene rings is 3. The molecule has 0 saturated carbocycles. The summed E-state index contributed by atoms with van der Waals surface area (Å²) in [5.74, 6) is -0.0275. The number of imide groups is 1. The highest BCUT2D eigenvalue weighted by Crippen LogP contribution is 2.33. The van der Waals surface area contributed by atoms with Gasteiger partial charge in [0.15, 0.2) is 0 Å². The van der Waals surface area contributed by atoms with E-state index in [0.717, 1.165) is 22.9 Å². The summed E-state index contributed by atoms with van der Waals surface area (Å²) in [6.45, 7) is 0.144. The van der Waals surface area contributed by atoms with Crippen molar-refractivity contribution in [2.75, 3.05) is 12.4 Å². The second-order valence-electron chi connectivity index (χ2n) is 7.03. The van der Waals surface area contributed by atoms with Crippen LogP contribution in [0, 0.1) is 0 Å². The zero-order chi connectivity index (χ0) is 22.5. The summed E-state index contributed by atoms with van der Waals surface area (Å²) in [5.41, 5.74) is 2.65. The summed E-state index contributed by atoms with van der Waals surface area (Å²) >= 11 is 0.931. The average Bonchev–Trinajstić information content (AvgIpc) is 3.08. The number of nitrogens with zero attached hydrogens (tertiary/aromatic N) is 1. The van der Waals surface area contributed by atoms with Crippen LogP contribution >= 0.6 is 11.8 Å². The Bertz CT molecular complexity index is 1190. The molecule has 1 heterocycles. The minimum atomic E-state index is -0.318. The molecule has 7 heteroatoms. The first-order valence-electron chi connectivity index (χ1n) is 9.89. The van der Waals surface area contributed by atoms with Gasteiger partial charge in [-0.3, -0.25) is 19.3 Å². The Morgan fingerprint density at radius 3 is 2.38 bits per heavy atom. The number of para-hydroxylation sites is 2. The van der Waals surface area contributed by atoms with Crippen LogP contribution in [0.25, 0.3) is 6.08 Å². The van der Waals surface area contributed by atoms with Crippen molar-refractivity contribution in [3.05, 3.63) is 100 Å². The van der Waals surface area contributed by atoms with E-state index in [2.05, 4.69) is 5.32 Å². The van der Waals surface area contributed by atoms with Gasteiger partial charge in [-0.25, -0.2) is 0 Å². The van der Waals surface area contributed by atoms with Crippen molar-refractivity contribution in [3.8, 4) is 5.75 Å². The standard InChI is InChI=1S/C25H20N2O4S/c1-31-21-10-6-5-9-20(21)26-23(28)19-13-11-18(12-14-19)16-27-24(29)22(32-25(27)30)15-17-7-3-2-4-8-17/h2-15H,16H2,1H3,(H,26,28)/b22-15-. The third-order valence-corrected chi connectivity index (χ3v) is 5.79. The van der Waals surface area contributed by atoms with E-state index < -0.39 is 0 Å². The fraction of sp³-hybridized carbons (Fsp3) is 0.0800. The lowest BCUT2D eigenvalue weighted by Gasteiger charge is -2.13. The number of anilines is 1. The Kier molecular flexibility index (Phi) is 6.37. The lowest BCUT2D eigenvalue weighted by Crippen LogP contribution is -2.27. The molecule has 1 N–H and O–H groups in total. The molecule has 0 aliphatic carbocycles. The lowest BCUT2D eigenvalue weighted by atomic mass is 10.1. The van der Waals surface area contributed by atoms with Gasteiger partial charge in [-0.15, -0.1) is 0 Å². The van der Waals surface area contributed by atoms with Crippen LogP contribution in [-0.2, 0) is 11.3 Å². The minimum absolute atomic E-state index is 0.144. The maximum Gasteiger partial charge on any atom is 0.293 e. The lowest BCUT2D eigenvalue weighted by molar-refractivity contribution is -0.123. The first kappa shape index (κ1) is 21.4. The summed E-state index contributed by atoms with van der Waals surface area (Å²) in [7, 11) is 1.54. The molecular weight excluding hydrogens is 424 g/mol. The molecule has 1 aliphatic rings. The van der Waals surface area contributed by atoms with E-state index in [1.807, 2.05) is 42.5 Å². The number of thioether (sulfide) groups is 1. The molecule has 1 aliphatic heterocycles. The fourth-order valence-corrected chi connectivity index (χ4v) is 4.06. The maximum absolute atomic E-state index is 12.7. The van der Waals surface area contributed by atoms with E-state index in [-0.39, 0.29) is 23.6 Å². The molecule has 160 valence electrons. The number of methoxy groups -OCH3 is 1. The predicted molar refractivity (Wildman–Crippen MR) is 125 cm³/mol. The molecular formula is C25H20N2O4S. The van der Waals surface area contributed by atoms with Gasteiger partial charge < -0.3 is 10.1 Å². The van der Waals surface area contributed by atoms with Crippen LogP contribution in [0.5, 0.6) is 5.75 Å². The third kappa shape index (κ3) is 4.73. The van der Waals surface area contributed by atoms with Gasteiger partial charge in [-0.2, -0.15) is 0 Å². The zero-order valence-electron chi connectivity index (χ0n) is 17.3. The molecule has 0 unspecified atom stereocenters. The molecule has 0 atom stereocenters. The number of amides is 3. The van der Waals surface area contributed by atoms with Crippen molar-refractivity contribution in [1.82, 2.24) is 4.90 Å². The number of nitrogens with one attached hydrogen (secondary N) is 1. The Morgan fingerprint density at radius 2 is 1.66 bits per heavy atom. The molecule has 0 spiro atoms. The smallest absolute Gasteiger partial charge is 0.293 e. The topological polar surface area (TPSA) is 75.7 Å². The molecule has 1 fully saturated rings. The Labute approximate surface area is 189 Å². The quantitative estimate of drug-likeness (QED) is 0.530. The normalized spacial score (nSPS) is 14.7. The number of hydrogen-bond acceptors (Lipinski definition) is 5. The molecule has 3 amide bonds. The van der Waals surface area contributed by atoms with Crippen molar-refractivity contribution in [2.45, 2.75) is 6.54 Å². The zero-order valence-corrected chi connectivity index (χ0v) is 18.1. The van der Waals surface area contributed by atoms with Crippen LogP contribution in [0.4, 0.5) is 10.5 Å². The van der Waals surface area contributed by atoms with Crippen LogP contribution in [0.3, 0.4) is 0 Å². The largest absolute Gasteiger partial charge is 0.495 e. The van der Waals surface area contributed by atoms with E-state index in [1.54, 1.807) is 49.6 Å². The summed E-state index contributed by atoms with van der Waals surface area (Å²) < 4.78 is 5.25. The van der Waals surface area contributed by atoms with Crippen molar-refractivity contribution in [3.63, 3.8) is 0 Å². The van der Waals surface area contributed by atoms with Crippen LogP contribution in [0.1, 0.15) is 21.5 Å². The van der Waals surface area contributed by atoms with Gasteiger partial charge in [-0.05, 0) is 53.2 Å². The van der Waals surface area contributed by atoms with Crippen LogP contribution in [-0.4, -0.2) is 29.1 Å². The van der Waals surface area contributed by atoms with Crippen LogP contribution in [0.2, 0.25) is 0 Å². The van der Waals surface area contributed by atoms with Gasteiger partial charge in [0.1, 0.15) is 5.75 Å². The third-order valence-electron chi connectivity index (χ3n) is 4.88. The van der Waals surface area contributed by atoms with Crippen molar-refractivity contribution >= 4 is 40.6 Å². The highest BCUT2D eigenvalue weighted by Gasteiger charge is 2.34. The molecule has 1 saturated heterocycles. The highest BCUT2D eigenvalue weighted by molar-refractivity contribution is 8.18. The molecule has 0 bridgehead atoms. The first-order valence-corrected chi connectivity index (χ1v) is 10.7. The Hall–Kier alpha value is -3.84. The average molecular weight is 445 g/mol. The maximum atomic E-state index is 12.7. The van der Waals surface area contributed by atoms with Crippen LogP contribution in [0.15, 0.2) is 83.8 Å². The molecule has 4 rings (SSSR count). The number of rotatable bonds is 6. The van der Waals surface area contributed by atoms with Gasteiger partial charge in [-0.1, -0.05) is 54.6 Å². The van der Waals surface area contributed by atoms with Gasteiger partial charge >= 0.3 is 0 Å². The van der Waals surface area contributed by atoms with E-state index >= 15 is 0 Å². The summed E-state index contributed by atoms with van der Waals surface area (Å²) in [5, 5.41) is 2.51. The number of carbonyl (C=O) groups excluding carboxylic acids is 3. The van der Waals surface area contributed by atoms with E-state index in [1.165, 1.54) is 4.90 Å². The van der Waals surface area contributed by atoms with Crippen LogP contribution < -0.4 is 10.1 Å². The SMILES string of the molecule is COc1ccccc1NC(=O)c1ccc(CN2C(=O)S/C(=C\c3ccccc3)C2=O)cc1. The number of ether oxygens (including phenoxy) is 1. The molecule has 0 aromatic heterocycles. The Morgan fingerprint density at radius 1 is 0.969 bits per heavy atom. The van der Waals surface area contributed by atoms with E-state index in [4.69, 9.17) is 4.74 Å². The molecule has 0 radical (unpaired) electrons. The van der Waals surface area contributed by atoms with Crippen molar-refractivity contribution in [2.24, 2.45) is 0 Å². The number of hydrogen-bond donors (Lipinski definition) is 1. The van der Waals surface area contributed by atoms with Gasteiger partial charge in [0.2, 0.25) is 0 Å². The first-order chi connectivity index (χ1) is 15.5. The monoisotopic (exact) mass is 444 g/mol. The van der Waals surface area contributed by atoms with Gasteiger partial charge in [0.05, 0.1) is 24.2 Å². The van der Waals surface area contributed by atoms with Gasteiger partial charge in [0.25, 0.3) is 17.1 Å². The van der Waals surface area contributed by atoms with E-state index in [0.29, 0.717) is 21.9 Å². The molecule has 3 aromatic rings. The summed E-state index contributed by atoms with van der Waals surface area (Å²) in [6.07, 6.45) is 1.72. The highest BCUT2D eigenvalue weighted by atomic mass is 32.2. The summed E-state index contributed by atoms with van der Waals surface area (Å²) in [6, 6.07) is 23.4.